The Bertz CT molecular complexity index is 617. The largest absolute Gasteiger partial charge is 0.375 e. The van der Waals surface area contributed by atoms with Crippen molar-refractivity contribution in [1.82, 2.24) is 0 Å². The first-order chi connectivity index (χ1) is 9.08. The van der Waals surface area contributed by atoms with Gasteiger partial charge in [-0.15, -0.1) is 0 Å². The van der Waals surface area contributed by atoms with Crippen LogP contribution in [0.2, 0.25) is 0 Å². The second-order valence-electron chi connectivity index (χ2n) is 3.88. The normalized spacial score (nSPS) is 10.2. The Kier molecular flexibility index (Phi) is 3.70. The van der Waals surface area contributed by atoms with Gasteiger partial charge < -0.3 is 5.32 Å². The smallest absolute Gasteiger partial charge is 0.327 e. The SMILES string of the molecule is O=[N+]([O-])c1c(F)cccc1NCc1cccc(F)c1. The minimum Gasteiger partial charge on any atom is -0.375 e. The summed E-state index contributed by atoms with van der Waals surface area (Å²) in [6.45, 7) is 0.169. The van der Waals surface area contributed by atoms with E-state index < -0.39 is 22.2 Å². The standard InChI is InChI=1S/C13H10F2N2O2/c14-10-4-1-3-9(7-10)8-16-12-6-2-5-11(15)13(12)17(18)19/h1-7,16H,8H2. The highest BCUT2D eigenvalue weighted by Gasteiger charge is 2.19. The van der Waals surface area contributed by atoms with Crippen molar-refractivity contribution < 1.29 is 13.7 Å². The van der Waals surface area contributed by atoms with E-state index in [-0.39, 0.29) is 12.2 Å². The number of nitro groups is 1. The average molecular weight is 264 g/mol. The van der Waals surface area contributed by atoms with Crippen molar-refractivity contribution in [3.05, 3.63) is 69.8 Å². The molecule has 0 heterocycles. The van der Waals surface area contributed by atoms with Crippen molar-refractivity contribution in [3.63, 3.8) is 0 Å². The van der Waals surface area contributed by atoms with Crippen LogP contribution in [-0.2, 0) is 6.54 Å². The quantitative estimate of drug-likeness (QED) is 0.679. The lowest BCUT2D eigenvalue weighted by Crippen LogP contribution is -2.04. The molecule has 0 bridgehead atoms. The monoisotopic (exact) mass is 264 g/mol. The van der Waals surface area contributed by atoms with E-state index in [1.54, 1.807) is 6.07 Å². The number of para-hydroxylation sites is 1. The van der Waals surface area contributed by atoms with Crippen LogP contribution in [0.4, 0.5) is 20.2 Å². The van der Waals surface area contributed by atoms with Crippen LogP contribution < -0.4 is 5.32 Å². The molecule has 0 aliphatic rings. The highest BCUT2D eigenvalue weighted by atomic mass is 19.1. The van der Waals surface area contributed by atoms with Gasteiger partial charge in [-0.25, -0.2) is 4.39 Å². The molecule has 0 fully saturated rings. The maximum absolute atomic E-state index is 13.3. The summed E-state index contributed by atoms with van der Waals surface area (Å²) in [6, 6.07) is 9.60. The third kappa shape index (κ3) is 3.04. The Labute approximate surface area is 107 Å². The van der Waals surface area contributed by atoms with Crippen LogP contribution in [0.1, 0.15) is 5.56 Å². The predicted molar refractivity (Wildman–Crippen MR) is 66.8 cm³/mol. The van der Waals surface area contributed by atoms with Crippen molar-refractivity contribution in [1.29, 1.82) is 0 Å². The van der Waals surface area contributed by atoms with E-state index in [9.17, 15) is 18.9 Å². The van der Waals surface area contributed by atoms with E-state index in [0.717, 1.165) is 6.07 Å². The Balaban J connectivity index is 2.20. The molecule has 1 N–H and O–H groups in total. The first-order valence-corrected chi connectivity index (χ1v) is 5.49. The Hall–Kier alpha value is -2.50. The molecule has 4 nitrogen and oxygen atoms in total. The first kappa shape index (κ1) is 12.9. The number of hydrogen-bond donors (Lipinski definition) is 1. The number of rotatable bonds is 4. The minimum atomic E-state index is -0.908. The van der Waals surface area contributed by atoms with Crippen molar-refractivity contribution in [2.45, 2.75) is 6.54 Å². The van der Waals surface area contributed by atoms with Crippen LogP contribution in [0, 0.1) is 21.7 Å². The van der Waals surface area contributed by atoms with Gasteiger partial charge in [-0.1, -0.05) is 18.2 Å². The maximum atomic E-state index is 13.3. The van der Waals surface area contributed by atoms with Gasteiger partial charge in [-0.3, -0.25) is 10.1 Å². The summed E-state index contributed by atoms with van der Waals surface area (Å²) < 4.78 is 26.3. The number of nitrogens with one attached hydrogen (secondary N) is 1. The van der Waals surface area contributed by atoms with E-state index >= 15 is 0 Å². The molecule has 98 valence electrons. The molecular formula is C13H10F2N2O2. The first-order valence-electron chi connectivity index (χ1n) is 5.49. The van der Waals surface area contributed by atoms with Crippen molar-refractivity contribution in [2.75, 3.05) is 5.32 Å². The summed E-state index contributed by atoms with van der Waals surface area (Å²) >= 11 is 0. The van der Waals surface area contributed by atoms with Crippen LogP contribution in [0.5, 0.6) is 0 Å². The van der Waals surface area contributed by atoms with E-state index in [1.807, 2.05) is 0 Å². The summed E-state index contributed by atoms with van der Waals surface area (Å²) in [7, 11) is 0. The summed E-state index contributed by atoms with van der Waals surface area (Å²) in [5.41, 5.74) is 0.0618. The predicted octanol–water partition coefficient (Wildman–Crippen LogP) is 3.49. The van der Waals surface area contributed by atoms with Gasteiger partial charge in [0.1, 0.15) is 11.5 Å². The fraction of sp³-hybridized carbons (Fsp3) is 0.0769. The molecule has 0 spiro atoms. The number of hydrogen-bond acceptors (Lipinski definition) is 3. The molecule has 19 heavy (non-hydrogen) atoms. The topological polar surface area (TPSA) is 55.2 Å². The van der Waals surface area contributed by atoms with Gasteiger partial charge in [0.15, 0.2) is 0 Å². The van der Waals surface area contributed by atoms with Gasteiger partial charge in [0.25, 0.3) is 0 Å². The van der Waals surface area contributed by atoms with Crippen LogP contribution in [-0.4, -0.2) is 4.92 Å². The minimum absolute atomic E-state index is 0.0641. The van der Waals surface area contributed by atoms with Crippen LogP contribution in [0.25, 0.3) is 0 Å². The maximum Gasteiger partial charge on any atom is 0.327 e. The highest BCUT2D eigenvalue weighted by molar-refractivity contribution is 5.62. The van der Waals surface area contributed by atoms with Crippen molar-refractivity contribution in [3.8, 4) is 0 Å². The lowest BCUT2D eigenvalue weighted by Gasteiger charge is -2.07. The van der Waals surface area contributed by atoms with Crippen LogP contribution >= 0.6 is 0 Å². The zero-order valence-corrected chi connectivity index (χ0v) is 9.77. The molecule has 6 heteroatoms. The van der Waals surface area contributed by atoms with E-state index in [1.165, 1.54) is 30.3 Å². The molecule has 0 saturated heterocycles. The van der Waals surface area contributed by atoms with Gasteiger partial charge in [-0.2, -0.15) is 4.39 Å². The molecule has 0 atom stereocenters. The van der Waals surface area contributed by atoms with Gasteiger partial charge in [0, 0.05) is 6.54 Å². The zero-order chi connectivity index (χ0) is 13.8. The second-order valence-corrected chi connectivity index (χ2v) is 3.88. The van der Waals surface area contributed by atoms with Crippen molar-refractivity contribution in [2.24, 2.45) is 0 Å². The molecule has 0 unspecified atom stereocenters. The number of benzene rings is 2. The molecule has 0 aromatic heterocycles. The highest BCUT2D eigenvalue weighted by Crippen LogP contribution is 2.27. The summed E-state index contributed by atoms with van der Waals surface area (Å²) in [6.07, 6.45) is 0. The van der Waals surface area contributed by atoms with Crippen LogP contribution in [0.3, 0.4) is 0 Å². The fourth-order valence-corrected chi connectivity index (χ4v) is 1.69. The molecule has 2 aromatic rings. The Morgan fingerprint density at radius 2 is 1.89 bits per heavy atom. The summed E-state index contributed by atoms with van der Waals surface area (Å²) in [5.74, 6) is -1.30. The molecule has 0 radical (unpaired) electrons. The number of halogens is 2. The molecule has 2 rings (SSSR count). The van der Waals surface area contributed by atoms with Gasteiger partial charge in [0.2, 0.25) is 5.82 Å². The number of nitrogens with zero attached hydrogens (tertiary/aromatic N) is 1. The third-order valence-corrected chi connectivity index (χ3v) is 2.54. The molecule has 0 aliphatic heterocycles. The lowest BCUT2D eigenvalue weighted by atomic mass is 10.2. The second kappa shape index (κ2) is 5.43. The van der Waals surface area contributed by atoms with Gasteiger partial charge >= 0.3 is 5.69 Å². The summed E-state index contributed by atoms with van der Waals surface area (Å²) in [4.78, 5) is 9.99. The van der Waals surface area contributed by atoms with Crippen molar-refractivity contribution >= 4 is 11.4 Å². The fourth-order valence-electron chi connectivity index (χ4n) is 1.69. The summed E-state index contributed by atoms with van der Waals surface area (Å²) in [5, 5.41) is 13.5. The Morgan fingerprint density at radius 3 is 2.58 bits per heavy atom. The van der Waals surface area contributed by atoms with E-state index in [4.69, 9.17) is 0 Å². The van der Waals surface area contributed by atoms with E-state index in [0.29, 0.717) is 5.56 Å². The van der Waals surface area contributed by atoms with E-state index in [2.05, 4.69) is 5.32 Å². The van der Waals surface area contributed by atoms with Gasteiger partial charge in [0.05, 0.1) is 4.92 Å². The third-order valence-electron chi connectivity index (χ3n) is 2.54. The molecule has 2 aromatic carbocycles. The Morgan fingerprint density at radius 1 is 1.16 bits per heavy atom. The van der Waals surface area contributed by atoms with Gasteiger partial charge in [-0.05, 0) is 29.8 Å². The molecule has 0 saturated carbocycles. The zero-order valence-electron chi connectivity index (χ0n) is 9.77. The molecule has 0 aliphatic carbocycles. The lowest BCUT2D eigenvalue weighted by molar-refractivity contribution is -0.386. The average Bonchev–Trinajstić information content (AvgIpc) is 2.36. The molecular weight excluding hydrogens is 254 g/mol. The number of anilines is 1. The van der Waals surface area contributed by atoms with Crippen LogP contribution in [0.15, 0.2) is 42.5 Å². The molecule has 0 amide bonds. The number of nitro benzene ring substituents is 1.